The van der Waals surface area contributed by atoms with Crippen molar-refractivity contribution in [2.45, 2.75) is 45.2 Å². The molecule has 0 saturated heterocycles. The summed E-state index contributed by atoms with van der Waals surface area (Å²) in [6, 6.07) is 0. The number of hydrogen-bond acceptors (Lipinski definition) is 4. The second-order valence-corrected chi connectivity index (χ2v) is 5.12. The van der Waals surface area contributed by atoms with Gasteiger partial charge in [-0.1, -0.05) is 11.6 Å². The van der Waals surface area contributed by atoms with Gasteiger partial charge in [0, 0.05) is 12.7 Å². The molecule has 0 spiro atoms. The van der Waals surface area contributed by atoms with Gasteiger partial charge < -0.3 is 10.1 Å². The molecule has 0 fully saturated rings. The predicted molar refractivity (Wildman–Crippen MR) is 75.2 cm³/mol. The number of aryl methyl sites for hydroxylation is 1. The summed E-state index contributed by atoms with van der Waals surface area (Å²) in [5, 5.41) is 7.80. The fraction of sp³-hybridized carbons (Fsp3) is 0.692. The highest BCUT2D eigenvalue weighted by atomic mass is 35.5. The number of esters is 1. The molecule has 0 saturated carbocycles. The predicted octanol–water partition coefficient (Wildman–Crippen LogP) is 2.25. The van der Waals surface area contributed by atoms with Crippen LogP contribution in [0.1, 0.15) is 33.1 Å². The second-order valence-electron chi connectivity index (χ2n) is 4.68. The molecule has 0 aliphatic heterocycles. The van der Waals surface area contributed by atoms with Crippen LogP contribution in [0.4, 0.5) is 0 Å². The van der Waals surface area contributed by atoms with Crippen LogP contribution >= 0.6 is 11.6 Å². The Morgan fingerprint density at radius 1 is 1.58 bits per heavy atom. The highest BCUT2D eigenvalue weighted by Gasteiger charge is 2.32. The maximum Gasteiger partial charge on any atom is 0.326 e. The van der Waals surface area contributed by atoms with Crippen LogP contribution in [0.2, 0.25) is 5.02 Å². The Labute approximate surface area is 119 Å². The lowest BCUT2D eigenvalue weighted by Gasteiger charge is -2.26. The molecule has 0 amide bonds. The SMILES string of the molecule is CCOC(=O)C(C)(CCCCn1cc(Cl)cn1)NC. The molecule has 0 radical (unpaired) electrons. The van der Waals surface area contributed by atoms with Crippen molar-refractivity contribution in [2.75, 3.05) is 13.7 Å². The molecule has 0 aromatic carbocycles. The monoisotopic (exact) mass is 287 g/mol. The Balaban J connectivity index is 2.35. The fourth-order valence-corrected chi connectivity index (χ4v) is 1.99. The van der Waals surface area contributed by atoms with Crippen molar-refractivity contribution in [3.8, 4) is 0 Å². The van der Waals surface area contributed by atoms with Crippen LogP contribution in [0.3, 0.4) is 0 Å². The van der Waals surface area contributed by atoms with Gasteiger partial charge in [0.15, 0.2) is 0 Å². The maximum absolute atomic E-state index is 11.8. The quantitative estimate of drug-likeness (QED) is 0.588. The first-order valence-corrected chi connectivity index (χ1v) is 6.93. The van der Waals surface area contributed by atoms with Gasteiger partial charge in [0.2, 0.25) is 0 Å². The number of aromatic nitrogens is 2. The summed E-state index contributed by atoms with van der Waals surface area (Å²) in [5.41, 5.74) is -0.613. The topological polar surface area (TPSA) is 56.2 Å². The third-order valence-corrected chi connectivity index (χ3v) is 3.39. The van der Waals surface area contributed by atoms with Crippen LogP contribution in [-0.4, -0.2) is 34.9 Å². The first-order valence-electron chi connectivity index (χ1n) is 6.56. The summed E-state index contributed by atoms with van der Waals surface area (Å²) in [7, 11) is 1.78. The zero-order valence-electron chi connectivity index (χ0n) is 11.8. The van der Waals surface area contributed by atoms with Gasteiger partial charge in [0.25, 0.3) is 0 Å². The molecule has 0 aliphatic carbocycles. The normalized spacial score (nSPS) is 14.1. The smallest absolute Gasteiger partial charge is 0.326 e. The Morgan fingerprint density at radius 3 is 2.84 bits per heavy atom. The summed E-state index contributed by atoms with van der Waals surface area (Å²) < 4.78 is 6.89. The number of carbonyl (C=O) groups excluding carboxylic acids is 1. The summed E-state index contributed by atoms with van der Waals surface area (Å²) in [4.78, 5) is 11.8. The Kier molecular flexibility index (Phi) is 6.31. The van der Waals surface area contributed by atoms with Crippen LogP contribution < -0.4 is 5.32 Å². The number of hydrogen-bond donors (Lipinski definition) is 1. The highest BCUT2D eigenvalue weighted by Crippen LogP contribution is 2.16. The van der Waals surface area contributed by atoms with E-state index in [4.69, 9.17) is 16.3 Å². The van der Waals surface area contributed by atoms with Crippen molar-refractivity contribution in [3.05, 3.63) is 17.4 Å². The lowest BCUT2D eigenvalue weighted by Crippen LogP contribution is -2.48. The number of halogens is 1. The van der Waals surface area contributed by atoms with E-state index in [0.717, 1.165) is 25.8 Å². The molecule has 1 aromatic rings. The average molecular weight is 288 g/mol. The van der Waals surface area contributed by atoms with Crippen molar-refractivity contribution in [1.29, 1.82) is 0 Å². The summed E-state index contributed by atoms with van der Waals surface area (Å²) in [6.45, 7) is 4.89. The maximum atomic E-state index is 11.8. The summed E-state index contributed by atoms with van der Waals surface area (Å²) in [6.07, 6.45) is 6.00. The molecular formula is C13H22ClN3O2. The van der Waals surface area contributed by atoms with E-state index in [0.29, 0.717) is 11.6 Å². The lowest BCUT2D eigenvalue weighted by atomic mass is 9.95. The molecular weight excluding hydrogens is 266 g/mol. The molecule has 0 bridgehead atoms. The van der Waals surface area contributed by atoms with Gasteiger partial charge in [-0.15, -0.1) is 0 Å². The van der Waals surface area contributed by atoms with Crippen LogP contribution in [0.5, 0.6) is 0 Å². The molecule has 1 aromatic heterocycles. The van der Waals surface area contributed by atoms with Crippen LogP contribution in [0.15, 0.2) is 12.4 Å². The number of nitrogens with zero attached hydrogens (tertiary/aromatic N) is 2. The average Bonchev–Trinajstić information content (AvgIpc) is 2.80. The molecule has 1 N–H and O–H groups in total. The summed E-state index contributed by atoms with van der Waals surface area (Å²) in [5.74, 6) is -0.195. The zero-order valence-corrected chi connectivity index (χ0v) is 12.5. The number of ether oxygens (including phenoxy) is 1. The third-order valence-electron chi connectivity index (χ3n) is 3.19. The van der Waals surface area contributed by atoms with Gasteiger partial charge in [0.1, 0.15) is 5.54 Å². The van der Waals surface area contributed by atoms with Crippen LogP contribution in [0, 0.1) is 0 Å². The van der Waals surface area contributed by atoms with E-state index in [1.165, 1.54) is 0 Å². The van der Waals surface area contributed by atoms with Gasteiger partial charge in [-0.3, -0.25) is 9.48 Å². The van der Waals surface area contributed by atoms with E-state index in [1.807, 2.05) is 18.5 Å². The molecule has 19 heavy (non-hydrogen) atoms. The fourth-order valence-electron chi connectivity index (χ4n) is 1.83. The lowest BCUT2D eigenvalue weighted by molar-refractivity contribution is -0.150. The number of unbranched alkanes of at least 4 members (excludes halogenated alkanes) is 1. The van der Waals surface area contributed by atoms with Crippen molar-refractivity contribution < 1.29 is 9.53 Å². The Morgan fingerprint density at radius 2 is 2.32 bits per heavy atom. The minimum absolute atomic E-state index is 0.195. The minimum Gasteiger partial charge on any atom is -0.465 e. The van der Waals surface area contributed by atoms with E-state index >= 15 is 0 Å². The van der Waals surface area contributed by atoms with Gasteiger partial charge >= 0.3 is 5.97 Å². The van der Waals surface area contributed by atoms with Crippen molar-refractivity contribution in [1.82, 2.24) is 15.1 Å². The first-order chi connectivity index (χ1) is 9.01. The van der Waals surface area contributed by atoms with Crippen LogP contribution in [0.25, 0.3) is 0 Å². The number of carbonyl (C=O) groups is 1. The van der Waals surface area contributed by atoms with Gasteiger partial charge in [-0.05, 0) is 40.2 Å². The number of rotatable bonds is 8. The third kappa shape index (κ3) is 4.84. The number of likely N-dealkylation sites (N-methyl/N-ethyl adjacent to an activating group) is 1. The molecule has 1 unspecified atom stereocenters. The van der Waals surface area contributed by atoms with Gasteiger partial charge in [0.05, 0.1) is 17.8 Å². The number of nitrogens with one attached hydrogen (secondary N) is 1. The van der Waals surface area contributed by atoms with Crippen LogP contribution in [-0.2, 0) is 16.1 Å². The molecule has 108 valence electrons. The first kappa shape index (κ1) is 16.0. The summed E-state index contributed by atoms with van der Waals surface area (Å²) >= 11 is 5.79. The van der Waals surface area contributed by atoms with Gasteiger partial charge in [-0.2, -0.15) is 5.10 Å². The van der Waals surface area contributed by atoms with E-state index in [2.05, 4.69) is 10.4 Å². The van der Waals surface area contributed by atoms with Crippen molar-refractivity contribution in [3.63, 3.8) is 0 Å². The van der Waals surface area contributed by atoms with Crippen molar-refractivity contribution in [2.24, 2.45) is 0 Å². The van der Waals surface area contributed by atoms with E-state index in [1.54, 1.807) is 19.4 Å². The zero-order chi connectivity index (χ0) is 14.3. The van der Waals surface area contributed by atoms with Gasteiger partial charge in [-0.25, -0.2) is 0 Å². The standard InChI is InChI=1S/C13H22ClN3O2/c1-4-19-12(18)13(2,15-3)7-5-6-8-17-10-11(14)9-16-17/h9-10,15H,4-8H2,1-3H3. The van der Waals surface area contributed by atoms with Crippen molar-refractivity contribution >= 4 is 17.6 Å². The minimum atomic E-state index is -0.613. The molecule has 1 atom stereocenters. The second kappa shape index (κ2) is 7.50. The Hall–Kier alpha value is -1.07. The largest absolute Gasteiger partial charge is 0.465 e. The Bertz CT molecular complexity index is 408. The molecule has 0 aliphatic rings. The molecule has 6 heteroatoms. The van der Waals surface area contributed by atoms with E-state index in [9.17, 15) is 4.79 Å². The molecule has 5 nitrogen and oxygen atoms in total. The molecule has 1 rings (SSSR count). The molecule has 1 heterocycles. The van der Waals surface area contributed by atoms with E-state index < -0.39 is 5.54 Å². The highest BCUT2D eigenvalue weighted by molar-refractivity contribution is 6.30. The van der Waals surface area contributed by atoms with E-state index in [-0.39, 0.29) is 5.97 Å².